The SMILES string of the molecule is CCCCCCCCCCn1c(-c2ccc(C(=O)NN)cc2)nc2c3ccccc3c3ccccc3c21. The molecule has 190 valence electrons. The first kappa shape index (κ1) is 25.0. The Morgan fingerprint density at radius 3 is 1.97 bits per heavy atom. The fourth-order valence-corrected chi connectivity index (χ4v) is 5.46. The van der Waals surface area contributed by atoms with E-state index >= 15 is 0 Å². The van der Waals surface area contributed by atoms with E-state index < -0.39 is 0 Å². The maximum atomic E-state index is 12.0. The fraction of sp³-hybridized carbons (Fsp3) is 0.312. The average Bonchev–Trinajstić information content (AvgIpc) is 3.34. The van der Waals surface area contributed by atoms with Crippen LogP contribution >= 0.6 is 0 Å². The second kappa shape index (κ2) is 11.6. The van der Waals surface area contributed by atoms with Crippen LogP contribution in [0.25, 0.3) is 44.0 Å². The predicted molar refractivity (Wildman–Crippen MR) is 154 cm³/mol. The van der Waals surface area contributed by atoms with Gasteiger partial charge < -0.3 is 4.57 Å². The lowest BCUT2D eigenvalue weighted by atomic mass is 10.00. The zero-order valence-corrected chi connectivity index (χ0v) is 21.7. The van der Waals surface area contributed by atoms with Gasteiger partial charge in [0.15, 0.2) is 0 Å². The number of unbranched alkanes of at least 4 members (excludes halogenated alkanes) is 7. The lowest BCUT2D eigenvalue weighted by molar-refractivity contribution is 0.0953. The van der Waals surface area contributed by atoms with Gasteiger partial charge in [0.05, 0.1) is 11.0 Å². The van der Waals surface area contributed by atoms with Crippen molar-refractivity contribution < 1.29 is 4.79 Å². The maximum absolute atomic E-state index is 12.0. The molecule has 5 nitrogen and oxygen atoms in total. The molecular weight excluding hydrogens is 456 g/mol. The van der Waals surface area contributed by atoms with Crippen LogP contribution in [0.3, 0.4) is 0 Å². The molecule has 0 saturated heterocycles. The standard InChI is InChI=1S/C32H36N4O/c1-2-3-4-5-6-7-8-13-22-36-30-28-17-12-10-15-26(28)25-14-9-11-16-27(25)29(30)34-31(36)23-18-20-24(21-19-23)32(37)35-33/h9-12,14-21H,2-8,13,22,33H2,1H3,(H,35,37). The predicted octanol–water partition coefficient (Wildman–Crippen LogP) is 7.75. The van der Waals surface area contributed by atoms with Gasteiger partial charge in [-0.05, 0) is 29.3 Å². The number of hydrogen-bond acceptors (Lipinski definition) is 3. The number of carbonyl (C=O) groups is 1. The van der Waals surface area contributed by atoms with Crippen molar-refractivity contribution in [1.29, 1.82) is 0 Å². The summed E-state index contributed by atoms with van der Waals surface area (Å²) < 4.78 is 2.40. The second-order valence-electron chi connectivity index (χ2n) is 9.90. The van der Waals surface area contributed by atoms with Crippen molar-refractivity contribution in [3.8, 4) is 11.4 Å². The molecular formula is C32H36N4O. The molecule has 3 N–H and O–H groups in total. The van der Waals surface area contributed by atoms with Gasteiger partial charge in [0, 0.05) is 28.4 Å². The van der Waals surface area contributed by atoms with Gasteiger partial charge in [0.1, 0.15) is 5.82 Å². The van der Waals surface area contributed by atoms with E-state index in [1.54, 1.807) is 0 Å². The largest absolute Gasteiger partial charge is 0.323 e. The van der Waals surface area contributed by atoms with E-state index in [1.807, 2.05) is 24.3 Å². The van der Waals surface area contributed by atoms with Crippen molar-refractivity contribution in [2.75, 3.05) is 0 Å². The Labute approximate surface area is 218 Å². The summed E-state index contributed by atoms with van der Waals surface area (Å²) in [5.41, 5.74) is 5.97. The topological polar surface area (TPSA) is 72.9 Å². The van der Waals surface area contributed by atoms with E-state index in [1.165, 1.54) is 72.0 Å². The first-order valence-electron chi connectivity index (χ1n) is 13.6. The van der Waals surface area contributed by atoms with Crippen LogP contribution in [0.4, 0.5) is 0 Å². The molecule has 5 rings (SSSR count). The van der Waals surface area contributed by atoms with Crippen LogP contribution in [-0.2, 0) is 6.54 Å². The van der Waals surface area contributed by atoms with Crippen molar-refractivity contribution in [3.05, 3.63) is 78.4 Å². The van der Waals surface area contributed by atoms with E-state index in [0.29, 0.717) is 5.56 Å². The van der Waals surface area contributed by atoms with Crippen LogP contribution in [0, 0.1) is 0 Å². The minimum absolute atomic E-state index is 0.295. The lowest BCUT2D eigenvalue weighted by Gasteiger charge is -2.12. The average molecular weight is 493 g/mol. The van der Waals surface area contributed by atoms with E-state index in [9.17, 15) is 4.79 Å². The summed E-state index contributed by atoms with van der Waals surface area (Å²) in [5, 5.41) is 4.88. The van der Waals surface area contributed by atoms with E-state index in [4.69, 9.17) is 10.8 Å². The van der Waals surface area contributed by atoms with Gasteiger partial charge in [0.2, 0.25) is 0 Å². The highest BCUT2D eigenvalue weighted by Gasteiger charge is 2.19. The number of aromatic nitrogens is 2. The third kappa shape index (κ3) is 5.09. The summed E-state index contributed by atoms with van der Waals surface area (Å²) in [6.07, 6.45) is 10.2. The van der Waals surface area contributed by atoms with E-state index in [2.05, 4.69) is 65.4 Å². The molecule has 4 aromatic carbocycles. The quantitative estimate of drug-likeness (QED) is 0.0651. The molecule has 0 bridgehead atoms. The molecule has 1 amide bonds. The third-order valence-corrected chi connectivity index (χ3v) is 7.39. The molecule has 1 heterocycles. The van der Waals surface area contributed by atoms with Gasteiger partial charge in [0.25, 0.3) is 5.91 Å². The van der Waals surface area contributed by atoms with Crippen LogP contribution in [0.15, 0.2) is 72.8 Å². The molecule has 5 aromatic rings. The van der Waals surface area contributed by atoms with E-state index in [-0.39, 0.29) is 5.91 Å². The Bertz CT molecular complexity index is 1520. The highest BCUT2D eigenvalue weighted by molar-refractivity contribution is 6.23. The number of fused-ring (bicyclic) bond motifs is 6. The molecule has 0 aliphatic rings. The summed E-state index contributed by atoms with van der Waals surface area (Å²) in [4.78, 5) is 17.2. The number of nitrogen functional groups attached to an aromatic ring is 1. The van der Waals surface area contributed by atoms with Gasteiger partial charge in [-0.2, -0.15) is 0 Å². The summed E-state index contributed by atoms with van der Waals surface area (Å²) in [6.45, 7) is 3.18. The molecule has 0 unspecified atom stereocenters. The number of hydrogen-bond donors (Lipinski definition) is 2. The summed E-state index contributed by atoms with van der Waals surface area (Å²) in [5.74, 6) is 5.98. The van der Waals surface area contributed by atoms with Crippen molar-refractivity contribution in [2.24, 2.45) is 5.84 Å². The number of nitrogens with zero attached hydrogens (tertiary/aromatic N) is 2. The summed E-state index contributed by atoms with van der Waals surface area (Å²) in [6, 6.07) is 24.8. The molecule has 1 aromatic heterocycles. The van der Waals surface area contributed by atoms with Gasteiger partial charge in [-0.15, -0.1) is 0 Å². The first-order chi connectivity index (χ1) is 18.2. The van der Waals surface area contributed by atoms with Gasteiger partial charge in [-0.3, -0.25) is 10.2 Å². The van der Waals surface area contributed by atoms with Crippen LogP contribution in [-0.4, -0.2) is 15.5 Å². The maximum Gasteiger partial charge on any atom is 0.265 e. The highest BCUT2D eigenvalue weighted by atomic mass is 16.2. The van der Waals surface area contributed by atoms with Gasteiger partial charge in [-0.25, -0.2) is 10.8 Å². The first-order valence-corrected chi connectivity index (χ1v) is 13.6. The van der Waals surface area contributed by atoms with Crippen LogP contribution in [0.5, 0.6) is 0 Å². The number of nitrogens with one attached hydrogen (secondary N) is 1. The molecule has 0 fully saturated rings. The number of benzene rings is 4. The Balaban J connectivity index is 1.57. The number of nitrogens with two attached hydrogens (primary N) is 1. The number of carbonyl (C=O) groups excluding carboxylic acids is 1. The van der Waals surface area contributed by atoms with Crippen molar-refractivity contribution >= 4 is 38.5 Å². The highest BCUT2D eigenvalue weighted by Crippen LogP contribution is 2.37. The molecule has 0 spiro atoms. The number of imidazole rings is 1. The monoisotopic (exact) mass is 492 g/mol. The molecule has 0 aliphatic heterocycles. The Morgan fingerprint density at radius 2 is 1.32 bits per heavy atom. The number of rotatable bonds is 11. The van der Waals surface area contributed by atoms with Crippen molar-refractivity contribution in [3.63, 3.8) is 0 Å². The molecule has 0 saturated carbocycles. The summed E-state index contributed by atoms with van der Waals surface area (Å²) in [7, 11) is 0. The Kier molecular flexibility index (Phi) is 7.81. The minimum atomic E-state index is -0.295. The fourth-order valence-electron chi connectivity index (χ4n) is 5.46. The molecule has 37 heavy (non-hydrogen) atoms. The zero-order valence-electron chi connectivity index (χ0n) is 21.7. The Morgan fingerprint density at radius 1 is 0.757 bits per heavy atom. The van der Waals surface area contributed by atoms with Crippen molar-refractivity contribution in [1.82, 2.24) is 15.0 Å². The Hall–Kier alpha value is -3.70. The summed E-state index contributed by atoms with van der Waals surface area (Å²) >= 11 is 0. The molecule has 0 atom stereocenters. The number of aryl methyl sites for hydroxylation is 1. The van der Waals surface area contributed by atoms with Gasteiger partial charge >= 0.3 is 0 Å². The van der Waals surface area contributed by atoms with Crippen LogP contribution in [0.1, 0.15) is 68.6 Å². The molecule has 0 aliphatic carbocycles. The van der Waals surface area contributed by atoms with Crippen molar-refractivity contribution in [2.45, 2.75) is 64.8 Å². The third-order valence-electron chi connectivity index (χ3n) is 7.39. The molecule has 0 radical (unpaired) electrons. The normalized spacial score (nSPS) is 11.5. The number of hydrazine groups is 1. The number of amides is 1. The minimum Gasteiger partial charge on any atom is -0.323 e. The smallest absolute Gasteiger partial charge is 0.265 e. The van der Waals surface area contributed by atoms with Crippen LogP contribution < -0.4 is 11.3 Å². The molecule has 5 heteroatoms. The van der Waals surface area contributed by atoms with Gasteiger partial charge in [-0.1, -0.05) is 113 Å². The van der Waals surface area contributed by atoms with E-state index in [0.717, 1.165) is 29.9 Å². The zero-order chi connectivity index (χ0) is 25.6. The lowest BCUT2D eigenvalue weighted by Crippen LogP contribution is -2.29. The second-order valence-corrected chi connectivity index (χ2v) is 9.90. The van der Waals surface area contributed by atoms with Crippen LogP contribution in [0.2, 0.25) is 0 Å².